The number of esters is 1. The summed E-state index contributed by atoms with van der Waals surface area (Å²) < 4.78 is 33.1. The number of fused-ring (bicyclic) bond motifs is 7. The highest BCUT2D eigenvalue weighted by molar-refractivity contribution is 5.95. The van der Waals surface area contributed by atoms with Crippen molar-refractivity contribution in [1.29, 1.82) is 0 Å². The Kier molecular flexibility index (Phi) is 13.0. The van der Waals surface area contributed by atoms with Gasteiger partial charge in [0.05, 0.1) is 37.3 Å². The van der Waals surface area contributed by atoms with E-state index in [0.29, 0.717) is 55.9 Å². The van der Waals surface area contributed by atoms with Crippen molar-refractivity contribution in [3.8, 4) is 22.7 Å². The maximum Gasteiger partial charge on any atom is 0.324 e. The van der Waals surface area contributed by atoms with Crippen LogP contribution >= 0.6 is 0 Å². The van der Waals surface area contributed by atoms with E-state index >= 15 is 0 Å². The number of hydrogen-bond acceptors (Lipinski definition) is 12. The van der Waals surface area contributed by atoms with Crippen molar-refractivity contribution in [2.45, 2.75) is 123 Å². The maximum absolute atomic E-state index is 14.6. The van der Waals surface area contributed by atoms with Crippen LogP contribution in [0.2, 0.25) is 0 Å². The predicted octanol–water partition coefficient (Wildman–Crippen LogP) is 6.75. The predicted molar refractivity (Wildman–Crippen MR) is 244 cm³/mol. The molecule has 1 unspecified atom stereocenters. The van der Waals surface area contributed by atoms with Gasteiger partial charge in [-0.3, -0.25) is 29.3 Å². The van der Waals surface area contributed by atoms with Gasteiger partial charge in [0.2, 0.25) is 11.8 Å². The Bertz CT molecular complexity index is 2400. The molecule has 15 heteroatoms. The third kappa shape index (κ3) is 8.86. The number of aryl methyl sites for hydroxylation is 1. The average Bonchev–Trinajstić information content (AvgIpc) is 3.58. The molecule has 1 aliphatic carbocycles. The van der Waals surface area contributed by atoms with Gasteiger partial charge in [0.25, 0.3) is 5.91 Å². The number of cyclic esters (lactones) is 1. The summed E-state index contributed by atoms with van der Waals surface area (Å²) in [7, 11) is 1.73. The molecule has 15 nitrogen and oxygen atoms in total. The zero-order valence-electron chi connectivity index (χ0n) is 39.4. The molecule has 65 heavy (non-hydrogen) atoms. The van der Waals surface area contributed by atoms with Gasteiger partial charge in [0, 0.05) is 79.0 Å². The van der Waals surface area contributed by atoms with Crippen LogP contribution < -0.4 is 10.7 Å². The van der Waals surface area contributed by atoms with Crippen molar-refractivity contribution in [2.75, 3.05) is 53.2 Å². The summed E-state index contributed by atoms with van der Waals surface area (Å²) in [6.45, 7) is 19.4. The minimum absolute atomic E-state index is 0.142. The Balaban J connectivity index is 1.18. The smallest absolute Gasteiger partial charge is 0.324 e. The summed E-state index contributed by atoms with van der Waals surface area (Å²) in [6, 6.07) is 7.11. The summed E-state index contributed by atoms with van der Waals surface area (Å²) in [5, 5.41) is 5.52. The molecular weight excluding hydrogens is 827 g/mol. The maximum atomic E-state index is 14.6. The normalized spacial score (nSPS) is 28.9. The van der Waals surface area contributed by atoms with Crippen LogP contribution in [0.4, 0.5) is 0 Å². The van der Waals surface area contributed by atoms with Crippen LogP contribution in [0, 0.1) is 23.2 Å². The van der Waals surface area contributed by atoms with Crippen molar-refractivity contribution in [1.82, 2.24) is 35.2 Å². The van der Waals surface area contributed by atoms with E-state index in [2.05, 4.69) is 65.4 Å². The number of carbonyl (C=O) groups is 3. The molecule has 0 spiro atoms. The van der Waals surface area contributed by atoms with E-state index in [1.54, 1.807) is 7.11 Å². The molecule has 1 saturated carbocycles. The molecule has 1 aromatic carbocycles. The second-order valence-electron chi connectivity index (χ2n) is 19.8. The number of pyridine rings is 1. The van der Waals surface area contributed by atoms with Crippen LogP contribution in [0.15, 0.2) is 41.1 Å². The summed E-state index contributed by atoms with van der Waals surface area (Å²) in [5.74, 6) is -0.193. The number of nitrogens with one attached hydrogen (secondary N) is 2. The Morgan fingerprint density at radius 3 is 2.66 bits per heavy atom. The fraction of sp³-hybridized carbons (Fsp3) is 0.620. The van der Waals surface area contributed by atoms with Crippen molar-refractivity contribution in [2.24, 2.45) is 23.2 Å². The molecule has 4 aliphatic heterocycles. The number of ether oxygens (including phenoxy) is 4. The zero-order chi connectivity index (χ0) is 45.7. The van der Waals surface area contributed by atoms with Crippen molar-refractivity contribution in [3.05, 3.63) is 59.2 Å². The molecule has 6 bridgehead atoms. The fourth-order valence-electron chi connectivity index (χ4n) is 10.9. The largest absolute Gasteiger partial charge is 0.464 e. The number of morpholine rings is 1. The van der Waals surface area contributed by atoms with Gasteiger partial charge < -0.3 is 33.2 Å². The van der Waals surface area contributed by atoms with Crippen LogP contribution in [0.3, 0.4) is 0 Å². The van der Waals surface area contributed by atoms with E-state index in [-0.39, 0.29) is 43.0 Å². The molecule has 9 atom stereocenters. The third-order valence-electron chi connectivity index (χ3n) is 15.0. The van der Waals surface area contributed by atoms with Crippen LogP contribution in [-0.2, 0) is 46.3 Å². The minimum atomic E-state index is -1.15. The van der Waals surface area contributed by atoms with E-state index in [1.807, 2.05) is 33.8 Å². The van der Waals surface area contributed by atoms with Gasteiger partial charge in [-0.05, 0) is 113 Å². The molecule has 350 valence electrons. The van der Waals surface area contributed by atoms with Crippen LogP contribution in [-0.4, -0.2) is 114 Å². The number of hydrogen-bond donors (Lipinski definition) is 2. The minimum Gasteiger partial charge on any atom is -0.464 e. The van der Waals surface area contributed by atoms with Crippen LogP contribution in [0.25, 0.3) is 33.6 Å². The molecule has 5 aliphatic rings. The topological polar surface area (TPSA) is 163 Å². The molecule has 2 N–H and O–H groups in total. The SMILES string of the molecule is CCO[C@@H]1c2coc(n2)-c2ccc3c(c2)c(c(-c2cc([C@@H]4CCN5CCOCC5C4)cnc2[C@H](C)OC)n3CC)CC(C)(C)COC(=O)[C@@H]2CCCN(N2)C(=O)[C@H]1NC(=O)[C@H]1[C@H](C)[C@@H]1C. The number of oxazole rings is 1. The number of aromatic nitrogens is 3. The van der Waals surface area contributed by atoms with Crippen molar-refractivity contribution < 1.29 is 37.7 Å². The number of methoxy groups -OCH3 is 1. The molecule has 2 amide bonds. The lowest BCUT2D eigenvalue weighted by Gasteiger charge is -2.42. The van der Waals surface area contributed by atoms with Crippen LogP contribution in [0.5, 0.6) is 0 Å². The molecule has 3 aromatic heterocycles. The zero-order valence-corrected chi connectivity index (χ0v) is 39.4. The monoisotopic (exact) mass is 894 g/mol. The second-order valence-corrected chi connectivity index (χ2v) is 19.8. The van der Waals surface area contributed by atoms with Gasteiger partial charge in [0.1, 0.15) is 30.1 Å². The first kappa shape index (κ1) is 45.5. The average molecular weight is 894 g/mol. The lowest BCUT2D eigenvalue weighted by molar-refractivity contribution is -0.156. The fourth-order valence-corrected chi connectivity index (χ4v) is 10.9. The van der Waals surface area contributed by atoms with Crippen LogP contribution in [0.1, 0.15) is 115 Å². The molecule has 9 rings (SSSR count). The quantitative estimate of drug-likeness (QED) is 0.170. The molecular formula is C50H67N7O8. The number of rotatable bonds is 9. The number of carbonyl (C=O) groups excluding carboxylic acids is 3. The summed E-state index contributed by atoms with van der Waals surface area (Å²) in [6.07, 6.45) is 6.02. The summed E-state index contributed by atoms with van der Waals surface area (Å²) in [5.41, 5.74) is 10.1. The second kappa shape index (κ2) is 18.5. The van der Waals surface area contributed by atoms with Gasteiger partial charge in [-0.2, -0.15) is 0 Å². The Labute approximate surface area is 382 Å². The van der Waals surface area contributed by atoms with Crippen molar-refractivity contribution in [3.63, 3.8) is 0 Å². The highest BCUT2D eigenvalue weighted by Gasteiger charge is 2.50. The number of benzene rings is 1. The van der Waals surface area contributed by atoms with Gasteiger partial charge >= 0.3 is 5.97 Å². The van der Waals surface area contributed by atoms with Gasteiger partial charge in [-0.15, -0.1) is 0 Å². The number of amides is 2. The Morgan fingerprint density at radius 2 is 1.91 bits per heavy atom. The summed E-state index contributed by atoms with van der Waals surface area (Å²) >= 11 is 0. The molecule has 7 heterocycles. The number of nitrogens with zero attached hydrogens (tertiary/aromatic N) is 5. The first-order valence-corrected chi connectivity index (χ1v) is 23.9. The van der Waals surface area contributed by atoms with E-state index in [1.165, 1.54) is 16.8 Å². The highest BCUT2D eigenvalue weighted by Crippen LogP contribution is 2.46. The Hall–Kier alpha value is -4.67. The Morgan fingerprint density at radius 1 is 1.09 bits per heavy atom. The van der Waals surface area contributed by atoms with E-state index in [0.717, 1.165) is 78.1 Å². The highest BCUT2D eigenvalue weighted by atomic mass is 16.5. The molecule has 3 saturated heterocycles. The van der Waals surface area contributed by atoms with E-state index in [4.69, 9.17) is 33.3 Å². The van der Waals surface area contributed by atoms with E-state index < -0.39 is 35.5 Å². The third-order valence-corrected chi connectivity index (χ3v) is 15.0. The number of hydrazine groups is 1. The standard InChI is InChI=1S/C50H67N7O8/c1-9-56-40-14-13-32-21-35(40)37(44(56)36-22-33(24-51-42(36)30(5)61-8)31-15-17-55-18-19-62-25-34(55)20-31)23-50(6,7)27-65-49(60)38-12-11-16-57(54-38)48(59)43(53-46(58)41-28(3)29(41)4)45(63-10-2)39-26-64-47(32)52-39/h13-14,21-22,24,26,28-31,34,38,41,43,45,54H,9-12,15-20,23,25,27H2,1-8H3,(H,53,58)/t28-,29+,30-,31+,34?,38-,41+,43-,45+/m0/s1. The lowest BCUT2D eigenvalue weighted by atomic mass is 9.82. The van der Waals surface area contributed by atoms with Gasteiger partial charge in [-0.25, -0.2) is 10.4 Å². The van der Waals surface area contributed by atoms with E-state index in [9.17, 15) is 14.4 Å². The lowest BCUT2D eigenvalue weighted by Crippen LogP contribution is -2.61. The number of piperidine rings is 1. The van der Waals surface area contributed by atoms with Crippen molar-refractivity contribution >= 4 is 28.7 Å². The van der Waals surface area contributed by atoms with Gasteiger partial charge in [-0.1, -0.05) is 27.7 Å². The molecule has 0 radical (unpaired) electrons. The summed E-state index contributed by atoms with van der Waals surface area (Å²) in [4.78, 5) is 55.2. The molecule has 4 aromatic rings. The molecule has 4 fully saturated rings. The first-order chi connectivity index (χ1) is 31.3. The first-order valence-electron chi connectivity index (χ1n) is 23.9. The van der Waals surface area contributed by atoms with Gasteiger partial charge in [0.15, 0.2) is 0 Å².